The predicted octanol–water partition coefficient (Wildman–Crippen LogP) is 1.69. The van der Waals surface area contributed by atoms with Crippen LogP contribution in [0, 0.1) is 11.8 Å². The van der Waals surface area contributed by atoms with E-state index in [1.165, 1.54) is 0 Å². The number of aliphatic carboxylic acids is 1. The van der Waals surface area contributed by atoms with Gasteiger partial charge in [0.15, 0.2) is 5.69 Å². The standard InChI is InChI=1S/C22H26N4O5/c1-2-26-12-14(19(25-26)21(28)23-11-10-13-6-4-3-5-7-13)24-20(27)17-15-8-9-16(31-15)18(17)22(29)30/h3-7,12,15-18H,2,8-11H2,1H3,(H,23,28)(H,24,27)(H,29,30). The fourth-order valence-corrected chi connectivity index (χ4v) is 4.43. The Morgan fingerprint density at radius 3 is 2.55 bits per heavy atom. The number of hydrogen-bond donors (Lipinski definition) is 3. The summed E-state index contributed by atoms with van der Waals surface area (Å²) in [6, 6.07) is 9.79. The maximum absolute atomic E-state index is 13.0. The van der Waals surface area contributed by atoms with Crippen LogP contribution < -0.4 is 10.6 Å². The molecule has 3 heterocycles. The highest BCUT2D eigenvalue weighted by Crippen LogP contribution is 2.44. The van der Waals surface area contributed by atoms with E-state index >= 15 is 0 Å². The third-order valence-corrected chi connectivity index (χ3v) is 5.96. The van der Waals surface area contributed by atoms with Crippen LogP contribution in [-0.2, 0) is 27.3 Å². The van der Waals surface area contributed by atoms with Gasteiger partial charge in [0.2, 0.25) is 5.91 Å². The van der Waals surface area contributed by atoms with Crippen LogP contribution in [0.1, 0.15) is 35.8 Å². The van der Waals surface area contributed by atoms with Crippen molar-refractivity contribution in [3.63, 3.8) is 0 Å². The highest BCUT2D eigenvalue weighted by Gasteiger charge is 2.55. The van der Waals surface area contributed by atoms with Gasteiger partial charge in [-0.2, -0.15) is 5.10 Å². The Kier molecular flexibility index (Phi) is 6.03. The monoisotopic (exact) mass is 426 g/mol. The lowest BCUT2D eigenvalue weighted by Crippen LogP contribution is -2.41. The first-order valence-corrected chi connectivity index (χ1v) is 10.6. The van der Waals surface area contributed by atoms with Crippen molar-refractivity contribution in [2.75, 3.05) is 11.9 Å². The number of benzene rings is 1. The number of aryl methyl sites for hydroxylation is 1. The van der Waals surface area contributed by atoms with Crippen molar-refractivity contribution in [1.29, 1.82) is 0 Å². The smallest absolute Gasteiger partial charge is 0.310 e. The molecule has 4 atom stereocenters. The van der Waals surface area contributed by atoms with Gasteiger partial charge in [-0.05, 0) is 31.7 Å². The van der Waals surface area contributed by atoms with E-state index in [0.29, 0.717) is 32.4 Å². The third-order valence-electron chi connectivity index (χ3n) is 5.96. The van der Waals surface area contributed by atoms with Gasteiger partial charge in [-0.15, -0.1) is 0 Å². The average Bonchev–Trinajstić information content (AvgIpc) is 3.48. The molecule has 4 rings (SSSR count). The van der Waals surface area contributed by atoms with Crippen LogP contribution in [0.4, 0.5) is 5.69 Å². The predicted molar refractivity (Wildman–Crippen MR) is 112 cm³/mol. The number of fused-ring (bicyclic) bond motifs is 2. The summed E-state index contributed by atoms with van der Waals surface area (Å²) in [6.07, 6.45) is 2.73. The van der Waals surface area contributed by atoms with Crippen molar-refractivity contribution in [3.05, 3.63) is 47.8 Å². The van der Waals surface area contributed by atoms with E-state index in [4.69, 9.17) is 4.74 Å². The number of aromatic nitrogens is 2. The Hall–Kier alpha value is -3.20. The van der Waals surface area contributed by atoms with Crippen molar-refractivity contribution >= 4 is 23.5 Å². The third kappa shape index (κ3) is 4.32. The van der Waals surface area contributed by atoms with Gasteiger partial charge in [-0.3, -0.25) is 19.1 Å². The molecule has 2 aliphatic rings. The zero-order chi connectivity index (χ0) is 22.0. The Labute approximate surface area is 179 Å². The normalized spacial score (nSPS) is 24.2. The largest absolute Gasteiger partial charge is 0.481 e. The van der Waals surface area contributed by atoms with Crippen LogP contribution in [0.5, 0.6) is 0 Å². The van der Waals surface area contributed by atoms with Crippen LogP contribution in [-0.4, -0.2) is 51.4 Å². The van der Waals surface area contributed by atoms with Gasteiger partial charge >= 0.3 is 5.97 Å². The molecule has 2 amide bonds. The number of rotatable bonds is 8. The Balaban J connectivity index is 1.45. The van der Waals surface area contributed by atoms with Gasteiger partial charge in [0.1, 0.15) is 0 Å². The summed E-state index contributed by atoms with van der Waals surface area (Å²) < 4.78 is 7.24. The number of hydrogen-bond acceptors (Lipinski definition) is 5. The second kappa shape index (κ2) is 8.89. The van der Waals surface area contributed by atoms with E-state index in [1.807, 2.05) is 37.3 Å². The number of carboxylic acids is 1. The van der Waals surface area contributed by atoms with Crippen LogP contribution in [0.25, 0.3) is 0 Å². The molecule has 164 valence electrons. The summed E-state index contributed by atoms with van der Waals surface area (Å²) in [5, 5.41) is 19.4. The lowest BCUT2D eigenvalue weighted by Gasteiger charge is -2.23. The molecule has 2 fully saturated rings. The van der Waals surface area contributed by atoms with Gasteiger partial charge < -0.3 is 20.5 Å². The first-order valence-electron chi connectivity index (χ1n) is 10.6. The molecule has 2 aliphatic heterocycles. The average molecular weight is 426 g/mol. The molecule has 1 aromatic carbocycles. The molecular formula is C22H26N4O5. The highest BCUT2D eigenvalue weighted by molar-refractivity contribution is 6.03. The van der Waals surface area contributed by atoms with E-state index in [9.17, 15) is 19.5 Å². The second-order valence-electron chi connectivity index (χ2n) is 7.91. The van der Waals surface area contributed by atoms with Crippen molar-refractivity contribution in [3.8, 4) is 0 Å². The Bertz CT molecular complexity index is 974. The number of ether oxygens (including phenoxy) is 1. The number of nitrogens with zero attached hydrogens (tertiary/aromatic N) is 2. The SMILES string of the molecule is CCn1cc(NC(=O)C2C3CCC(O3)C2C(=O)O)c(C(=O)NCCc2ccccc2)n1. The van der Waals surface area contributed by atoms with Crippen molar-refractivity contribution in [2.24, 2.45) is 11.8 Å². The molecule has 31 heavy (non-hydrogen) atoms. The number of nitrogens with one attached hydrogen (secondary N) is 2. The molecule has 9 nitrogen and oxygen atoms in total. The van der Waals surface area contributed by atoms with E-state index < -0.39 is 41.8 Å². The van der Waals surface area contributed by atoms with Gasteiger partial charge in [0.05, 0.1) is 29.7 Å². The van der Waals surface area contributed by atoms with Crippen LogP contribution >= 0.6 is 0 Å². The maximum atomic E-state index is 13.0. The quantitative estimate of drug-likeness (QED) is 0.590. The maximum Gasteiger partial charge on any atom is 0.310 e. The van der Waals surface area contributed by atoms with Crippen LogP contribution in [0.2, 0.25) is 0 Å². The molecular weight excluding hydrogens is 400 g/mol. The van der Waals surface area contributed by atoms with E-state index in [-0.39, 0.29) is 11.4 Å². The van der Waals surface area contributed by atoms with E-state index in [0.717, 1.165) is 5.56 Å². The highest BCUT2D eigenvalue weighted by atomic mass is 16.5. The Morgan fingerprint density at radius 2 is 1.87 bits per heavy atom. The topological polar surface area (TPSA) is 123 Å². The summed E-state index contributed by atoms with van der Waals surface area (Å²) in [6.45, 7) is 2.82. The molecule has 2 aromatic rings. The van der Waals surface area contributed by atoms with Crippen LogP contribution in [0.3, 0.4) is 0 Å². The second-order valence-corrected chi connectivity index (χ2v) is 7.91. The summed E-state index contributed by atoms with van der Waals surface area (Å²) >= 11 is 0. The molecule has 3 N–H and O–H groups in total. The molecule has 0 aliphatic carbocycles. The summed E-state index contributed by atoms with van der Waals surface area (Å²) in [5.74, 6) is -3.53. The fourth-order valence-electron chi connectivity index (χ4n) is 4.43. The zero-order valence-corrected chi connectivity index (χ0v) is 17.3. The van der Waals surface area contributed by atoms with Crippen molar-refractivity contribution < 1.29 is 24.2 Å². The van der Waals surface area contributed by atoms with Crippen molar-refractivity contribution in [1.82, 2.24) is 15.1 Å². The molecule has 0 saturated carbocycles. The molecule has 2 saturated heterocycles. The van der Waals surface area contributed by atoms with Gasteiger partial charge in [0.25, 0.3) is 5.91 Å². The number of carbonyl (C=O) groups excluding carboxylic acids is 2. The minimum atomic E-state index is -1.03. The minimum absolute atomic E-state index is 0.110. The molecule has 4 unspecified atom stereocenters. The summed E-state index contributed by atoms with van der Waals surface area (Å²) in [5.41, 5.74) is 1.49. The first kappa shape index (κ1) is 21.0. The lowest BCUT2D eigenvalue weighted by atomic mass is 9.78. The molecule has 2 bridgehead atoms. The summed E-state index contributed by atoms with van der Waals surface area (Å²) in [4.78, 5) is 37.4. The van der Waals surface area contributed by atoms with E-state index in [1.54, 1.807) is 10.9 Å². The lowest BCUT2D eigenvalue weighted by molar-refractivity contribution is -0.147. The van der Waals surface area contributed by atoms with Gasteiger partial charge in [0, 0.05) is 19.3 Å². The van der Waals surface area contributed by atoms with E-state index in [2.05, 4.69) is 15.7 Å². The van der Waals surface area contributed by atoms with Gasteiger partial charge in [-0.1, -0.05) is 30.3 Å². The molecule has 0 radical (unpaired) electrons. The van der Waals surface area contributed by atoms with Crippen LogP contribution in [0.15, 0.2) is 36.5 Å². The molecule has 1 aromatic heterocycles. The first-order chi connectivity index (χ1) is 15.0. The number of anilines is 1. The minimum Gasteiger partial charge on any atom is -0.481 e. The Morgan fingerprint density at radius 1 is 1.16 bits per heavy atom. The fraction of sp³-hybridized carbons (Fsp3) is 0.455. The molecule has 0 spiro atoms. The number of amides is 2. The molecule has 9 heteroatoms. The zero-order valence-electron chi connectivity index (χ0n) is 17.3. The number of carboxylic acid groups (broad SMARTS) is 1. The number of carbonyl (C=O) groups is 3. The summed E-state index contributed by atoms with van der Waals surface area (Å²) in [7, 11) is 0. The van der Waals surface area contributed by atoms with Crippen molar-refractivity contribution in [2.45, 2.75) is 44.9 Å². The van der Waals surface area contributed by atoms with Gasteiger partial charge in [-0.25, -0.2) is 0 Å².